The van der Waals surface area contributed by atoms with Crippen LogP contribution in [0.1, 0.15) is 19.8 Å². The van der Waals surface area contributed by atoms with Crippen molar-refractivity contribution in [3.63, 3.8) is 0 Å². The second kappa shape index (κ2) is 5.04. The molecule has 0 radical (unpaired) electrons. The first-order valence-electron chi connectivity index (χ1n) is 5.04. The molecule has 14 heavy (non-hydrogen) atoms. The van der Waals surface area contributed by atoms with Gasteiger partial charge in [-0.2, -0.15) is 0 Å². The number of aliphatic hydroxyl groups excluding tert-OH is 4. The predicted octanol–water partition coefficient (Wildman–Crippen LogP) is -1.50. The van der Waals surface area contributed by atoms with Crippen molar-refractivity contribution in [3.8, 4) is 0 Å². The highest BCUT2D eigenvalue weighted by molar-refractivity contribution is 4.89. The minimum absolute atomic E-state index is 0.208. The number of hydrogen-bond donors (Lipinski definition) is 4. The maximum atomic E-state index is 9.56. The third-order valence-corrected chi connectivity index (χ3v) is 2.64. The van der Waals surface area contributed by atoms with Gasteiger partial charge in [-0.3, -0.25) is 4.90 Å². The topological polar surface area (TPSA) is 84.2 Å². The number of β-amino-alcohol motifs (C(OH)–C–C–N with tert-alkyl or cyclic N) is 1. The van der Waals surface area contributed by atoms with Crippen LogP contribution in [0.4, 0.5) is 0 Å². The molecule has 0 aromatic carbocycles. The van der Waals surface area contributed by atoms with E-state index >= 15 is 0 Å². The number of unbranched alkanes of at least 4 members (excludes halogenated alkanes) is 1. The van der Waals surface area contributed by atoms with Crippen LogP contribution in [0.3, 0.4) is 0 Å². The van der Waals surface area contributed by atoms with Crippen LogP contribution in [0.15, 0.2) is 0 Å². The van der Waals surface area contributed by atoms with Gasteiger partial charge in [0.05, 0.1) is 6.10 Å². The number of aliphatic hydroxyl groups is 4. The third-order valence-electron chi connectivity index (χ3n) is 2.64. The normalized spacial score (nSPS) is 40.1. The standard InChI is InChI=1S/C9H19NO4/c1-2-3-4-10-5-6(11)7(12)8(13)9(10)14/h6-9,11-14H,2-5H2,1H3/t6-,7+,8-,9+/m0/s1. The molecule has 4 atom stereocenters. The van der Waals surface area contributed by atoms with E-state index in [1.165, 1.54) is 0 Å². The molecule has 0 aromatic rings. The molecule has 5 nitrogen and oxygen atoms in total. The number of hydrogen-bond acceptors (Lipinski definition) is 5. The van der Waals surface area contributed by atoms with Crippen molar-refractivity contribution in [2.75, 3.05) is 13.1 Å². The fourth-order valence-corrected chi connectivity index (χ4v) is 1.66. The average molecular weight is 205 g/mol. The van der Waals surface area contributed by atoms with Gasteiger partial charge in [-0.05, 0) is 6.42 Å². The van der Waals surface area contributed by atoms with E-state index in [9.17, 15) is 20.4 Å². The molecule has 0 aromatic heterocycles. The van der Waals surface area contributed by atoms with Crippen molar-refractivity contribution in [2.45, 2.75) is 44.3 Å². The molecule has 1 aliphatic rings. The van der Waals surface area contributed by atoms with Crippen molar-refractivity contribution >= 4 is 0 Å². The average Bonchev–Trinajstić information content (AvgIpc) is 2.18. The van der Waals surface area contributed by atoms with E-state index in [1.807, 2.05) is 6.92 Å². The lowest BCUT2D eigenvalue weighted by molar-refractivity contribution is -0.194. The molecule has 1 heterocycles. The fraction of sp³-hybridized carbons (Fsp3) is 1.00. The summed E-state index contributed by atoms with van der Waals surface area (Å²) in [5, 5.41) is 37.6. The van der Waals surface area contributed by atoms with Crippen LogP contribution in [-0.2, 0) is 0 Å². The molecule has 0 spiro atoms. The van der Waals surface area contributed by atoms with Crippen molar-refractivity contribution in [1.29, 1.82) is 0 Å². The Hall–Kier alpha value is -0.200. The first kappa shape index (κ1) is 11.9. The summed E-state index contributed by atoms with van der Waals surface area (Å²) >= 11 is 0. The van der Waals surface area contributed by atoms with Gasteiger partial charge in [0, 0.05) is 13.1 Å². The molecule has 0 unspecified atom stereocenters. The zero-order valence-corrected chi connectivity index (χ0v) is 8.37. The lowest BCUT2D eigenvalue weighted by atomic mass is 10.00. The Balaban J connectivity index is 2.52. The minimum Gasteiger partial charge on any atom is -0.389 e. The number of piperidine rings is 1. The smallest absolute Gasteiger partial charge is 0.136 e. The van der Waals surface area contributed by atoms with Crippen molar-refractivity contribution < 1.29 is 20.4 Å². The molecule has 1 rings (SSSR count). The van der Waals surface area contributed by atoms with E-state index in [2.05, 4.69) is 0 Å². The van der Waals surface area contributed by atoms with E-state index in [0.717, 1.165) is 12.8 Å². The van der Waals surface area contributed by atoms with Crippen molar-refractivity contribution in [2.24, 2.45) is 0 Å². The molecule has 1 saturated heterocycles. The van der Waals surface area contributed by atoms with E-state index in [0.29, 0.717) is 6.54 Å². The number of rotatable bonds is 3. The summed E-state index contributed by atoms with van der Waals surface area (Å²) in [6.45, 7) is 2.86. The molecule has 1 fully saturated rings. The summed E-state index contributed by atoms with van der Waals surface area (Å²) in [5.74, 6) is 0. The summed E-state index contributed by atoms with van der Waals surface area (Å²) in [4.78, 5) is 1.59. The number of nitrogens with zero attached hydrogens (tertiary/aromatic N) is 1. The van der Waals surface area contributed by atoms with Crippen LogP contribution in [0, 0.1) is 0 Å². The van der Waals surface area contributed by atoms with Gasteiger partial charge in [-0.25, -0.2) is 0 Å². The van der Waals surface area contributed by atoms with E-state index < -0.39 is 24.5 Å². The van der Waals surface area contributed by atoms with Crippen LogP contribution in [-0.4, -0.2) is 63.0 Å². The maximum Gasteiger partial charge on any atom is 0.136 e. The summed E-state index contributed by atoms with van der Waals surface area (Å²) in [6, 6.07) is 0. The lowest BCUT2D eigenvalue weighted by Gasteiger charge is -2.41. The van der Waals surface area contributed by atoms with Gasteiger partial charge in [0.2, 0.25) is 0 Å². The van der Waals surface area contributed by atoms with Crippen LogP contribution >= 0.6 is 0 Å². The van der Waals surface area contributed by atoms with Gasteiger partial charge in [-0.1, -0.05) is 13.3 Å². The third kappa shape index (κ3) is 2.43. The van der Waals surface area contributed by atoms with Gasteiger partial charge >= 0.3 is 0 Å². The molecule has 4 N–H and O–H groups in total. The summed E-state index contributed by atoms with van der Waals surface area (Å²) < 4.78 is 0. The minimum atomic E-state index is -1.28. The van der Waals surface area contributed by atoms with E-state index in [4.69, 9.17) is 0 Å². The monoisotopic (exact) mass is 205 g/mol. The number of likely N-dealkylation sites (tertiary alicyclic amines) is 1. The van der Waals surface area contributed by atoms with Gasteiger partial charge in [0.15, 0.2) is 0 Å². The Kier molecular flexibility index (Phi) is 4.28. The van der Waals surface area contributed by atoms with Crippen molar-refractivity contribution in [3.05, 3.63) is 0 Å². The second-order valence-corrected chi connectivity index (χ2v) is 3.81. The van der Waals surface area contributed by atoms with Gasteiger partial charge in [0.1, 0.15) is 18.4 Å². The summed E-state index contributed by atoms with van der Waals surface area (Å²) in [5.41, 5.74) is 0. The molecule has 1 aliphatic heterocycles. The molecular weight excluding hydrogens is 186 g/mol. The largest absolute Gasteiger partial charge is 0.389 e. The highest BCUT2D eigenvalue weighted by Gasteiger charge is 2.39. The van der Waals surface area contributed by atoms with Gasteiger partial charge in [-0.15, -0.1) is 0 Å². The Morgan fingerprint density at radius 3 is 2.36 bits per heavy atom. The predicted molar refractivity (Wildman–Crippen MR) is 50.5 cm³/mol. The molecule has 0 amide bonds. The van der Waals surface area contributed by atoms with Gasteiger partial charge in [0.25, 0.3) is 0 Å². The Morgan fingerprint density at radius 2 is 1.79 bits per heavy atom. The Morgan fingerprint density at radius 1 is 1.14 bits per heavy atom. The molecule has 0 saturated carbocycles. The first-order valence-corrected chi connectivity index (χ1v) is 5.04. The SMILES string of the molecule is CCCCN1C[C@H](O)[C@@H](O)[C@H](O)[C@H]1O. The quantitative estimate of drug-likeness (QED) is 0.451. The zero-order valence-electron chi connectivity index (χ0n) is 8.37. The molecule has 5 heteroatoms. The van der Waals surface area contributed by atoms with E-state index in [-0.39, 0.29) is 6.54 Å². The van der Waals surface area contributed by atoms with Crippen LogP contribution in [0.5, 0.6) is 0 Å². The maximum absolute atomic E-state index is 9.56. The zero-order chi connectivity index (χ0) is 10.7. The second-order valence-electron chi connectivity index (χ2n) is 3.81. The summed E-state index contributed by atoms with van der Waals surface area (Å²) in [6.07, 6.45) is -2.70. The molecule has 84 valence electrons. The van der Waals surface area contributed by atoms with E-state index in [1.54, 1.807) is 4.90 Å². The molecule has 0 bridgehead atoms. The summed E-state index contributed by atoms with van der Waals surface area (Å²) in [7, 11) is 0. The molecular formula is C9H19NO4. The van der Waals surface area contributed by atoms with Crippen LogP contribution in [0.2, 0.25) is 0 Å². The van der Waals surface area contributed by atoms with Crippen LogP contribution < -0.4 is 0 Å². The highest BCUT2D eigenvalue weighted by Crippen LogP contribution is 2.17. The highest BCUT2D eigenvalue weighted by atomic mass is 16.4. The lowest BCUT2D eigenvalue weighted by Crippen LogP contribution is -2.61. The fourth-order valence-electron chi connectivity index (χ4n) is 1.66. The van der Waals surface area contributed by atoms with Crippen molar-refractivity contribution in [1.82, 2.24) is 4.90 Å². The Bertz CT molecular complexity index is 178. The van der Waals surface area contributed by atoms with Gasteiger partial charge < -0.3 is 20.4 Å². The van der Waals surface area contributed by atoms with Crippen LogP contribution in [0.25, 0.3) is 0 Å². The first-order chi connectivity index (χ1) is 6.57. The Labute approximate surface area is 83.6 Å². The molecule has 0 aliphatic carbocycles.